The number of aliphatic hydroxyl groups excluding tert-OH is 1. The van der Waals surface area contributed by atoms with E-state index in [1.54, 1.807) is 11.1 Å². The number of imidazole rings is 2. The number of β-amino-alcohol motifs (C(OH)–C–C–N with tert-alkyl or cyclic N) is 1. The largest absolute Gasteiger partial charge is 0.453 e. The highest BCUT2D eigenvalue weighted by Gasteiger charge is 2.41. The van der Waals surface area contributed by atoms with Crippen LogP contribution in [-0.4, -0.2) is 111 Å². The van der Waals surface area contributed by atoms with Crippen molar-refractivity contribution in [1.29, 1.82) is 0 Å². The van der Waals surface area contributed by atoms with E-state index in [1.807, 2.05) is 55.1 Å². The Labute approximate surface area is 337 Å². The predicted molar refractivity (Wildman–Crippen MR) is 213 cm³/mol. The summed E-state index contributed by atoms with van der Waals surface area (Å²) in [6, 6.07) is 14.1. The van der Waals surface area contributed by atoms with E-state index in [0.29, 0.717) is 44.2 Å². The van der Waals surface area contributed by atoms with Gasteiger partial charge in [0.15, 0.2) is 0 Å². The Bertz CT molecular complexity index is 2080. The van der Waals surface area contributed by atoms with E-state index >= 15 is 0 Å². The number of carbonyl (C=O) groups excluding carboxylic acids is 4. The summed E-state index contributed by atoms with van der Waals surface area (Å²) >= 11 is 0. The molecule has 0 spiro atoms. The van der Waals surface area contributed by atoms with Gasteiger partial charge < -0.3 is 49.7 Å². The zero-order valence-electron chi connectivity index (χ0n) is 33.3. The highest BCUT2D eigenvalue weighted by atomic mass is 16.5. The first-order valence-corrected chi connectivity index (χ1v) is 19.9. The normalized spacial score (nSPS) is 21.7. The lowest BCUT2D eigenvalue weighted by molar-refractivity contribution is -0.136. The summed E-state index contributed by atoms with van der Waals surface area (Å²) in [5.74, 6) is 0.627. The maximum absolute atomic E-state index is 13.7. The number of carbonyl (C=O) groups is 4. The summed E-state index contributed by atoms with van der Waals surface area (Å²) in [6.07, 6.45) is 3.55. The van der Waals surface area contributed by atoms with Crippen molar-refractivity contribution in [1.82, 2.24) is 40.4 Å². The van der Waals surface area contributed by atoms with Gasteiger partial charge in [0.1, 0.15) is 23.7 Å². The van der Waals surface area contributed by atoms with E-state index in [0.717, 1.165) is 65.0 Å². The van der Waals surface area contributed by atoms with Crippen molar-refractivity contribution in [3.05, 3.63) is 72.1 Å². The molecule has 5 atom stereocenters. The molecule has 16 heteroatoms. The Hall–Kier alpha value is -5.74. The Morgan fingerprint density at radius 3 is 2.26 bits per heavy atom. The minimum Gasteiger partial charge on any atom is -0.453 e. The van der Waals surface area contributed by atoms with Gasteiger partial charge in [-0.3, -0.25) is 9.59 Å². The third-order valence-electron chi connectivity index (χ3n) is 11.3. The van der Waals surface area contributed by atoms with E-state index in [9.17, 15) is 24.3 Å². The van der Waals surface area contributed by atoms with Gasteiger partial charge in [0.25, 0.3) is 0 Å². The van der Waals surface area contributed by atoms with Gasteiger partial charge in [0, 0.05) is 31.7 Å². The van der Waals surface area contributed by atoms with Gasteiger partial charge in [-0.25, -0.2) is 19.6 Å². The number of likely N-dealkylation sites (tertiary alicyclic amines) is 1. The molecule has 2 bridgehead atoms. The second kappa shape index (κ2) is 17.8. The molecule has 0 saturated carbocycles. The van der Waals surface area contributed by atoms with E-state index < -0.39 is 36.4 Å². The van der Waals surface area contributed by atoms with Gasteiger partial charge in [-0.15, -0.1) is 0 Å². The van der Waals surface area contributed by atoms with Gasteiger partial charge in [0.05, 0.1) is 62.3 Å². The molecule has 7 rings (SSSR count). The van der Waals surface area contributed by atoms with E-state index in [1.165, 1.54) is 14.2 Å². The summed E-state index contributed by atoms with van der Waals surface area (Å²) in [6.45, 7) is 5.26. The van der Waals surface area contributed by atoms with Crippen molar-refractivity contribution in [2.45, 2.75) is 89.3 Å². The van der Waals surface area contributed by atoms with Crippen LogP contribution in [0.5, 0.6) is 0 Å². The van der Waals surface area contributed by atoms with Crippen LogP contribution in [0.25, 0.3) is 33.6 Å². The summed E-state index contributed by atoms with van der Waals surface area (Å²) < 4.78 is 15.6. The number of aromatic amines is 2. The summed E-state index contributed by atoms with van der Waals surface area (Å²) in [5.41, 5.74) is 6.26. The topological polar surface area (TPSA) is 204 Å². The Morgan fingerprint density at radius 1 is 0.879 bits per heavy atom. The molecule has 2 aromatic carbocycles. The number of nitrogens with one attached hydrogen (secondary N) is 4. The van der Waals surface area contributed by atoms with E-state index in [-0.39, 0.29) is 30.3 Å². The second-order valence-electron chi connectivity index (χ2n) is 15.5. The van der Waals surface area contributed by atoms with E-state index in [4.69, 9.17) is 19.2 Å². The number of aromatic nitrogens is 4. The molecule has 3 aliphatic heterocycles. The third kappa shape index (κ3) is 8.72. The fraction of sp³-hybridized carbons (Fsp3) is 0.476. The number of aliphatic hydroxyl groups is 1. The lowest BCUT2D eigenvalue weighted by atomic mass is 10.0. The van der Waals surface area contributed by atoms with Gasteiger partial charge in [-0.2, -0.15) is 0 Å². The first-order valence-electron chi connectivity index (χ1n) is 19.9. The number of rotatable bonds is 8. The maximum atomic E-state index is 13.7. The molecule has 4 aromatic rings. The molecule has 5 N–H and O–H groups in total. The number of methoxy groups -OCH3 is 2. The van der Waals surface area contributed by atoms with Crippen LogP contribution in [0.3, 0.4) is 0 Å². The molecule has 0 aliphatic carbocycles. The molecule has 2 fully saturated rings. The van der Waals surface area contributed by atoms with Crippen LogP contribution in [0.1, 0.15) is 81.8 Å². The fourth-order valence-electron chi connectivity index (χ4n) is 8.14. The molecule has 2 aromatic heterocycles. The molecule has 4 amide bonds. The van der Waals surface area contributed by atoms with Crippen molar-refractivity contribution in [3.63, 3.8) is 0 Å². The lowest BCUT2D eigenvalue weighted by Crippen LogP contribution is -2.51. The first-order chi connectivity index (χ1) is 28.0. The van der Waals surface area contributed by atoms with Gasteiger partial charge in [-0.05, 0) is 54.7 Å². The van der Waals surface area contributed by atoms with E-state index in [2.05, 4.69) is 37.7 Å². The third-order valence-corrected chi connectivity index (χ3v) is 11.3. The zero-order valence-corrected chi connectivity index (χ0v) is 33.3. The van der Waals surface area contributed by atoms with Crippen LogP contribution in [0, 0.1) is 5.92 Å². The maximum Gasteiger partial charge on any atom is 0.407 e. The number of hydrogen-bond acceptors (Lipinski definition) is 10. The Kier molecular flexibility index (Phi) is 12.4. The van der Waals surface area contributed by atoms with Crippen molar-refractivity contribution in [2.75, 3.05) is 33.9 Å². The number of hydrogen-bond donors (Lipinski definition) is 5. The van der Waals surface area contributed by atoms with Gasteiger partial charge in [0.2, 0.25) is 11.8 Å². The SMILES string of the molecule is COC(=O)N[C@H]1CCCCOCc2[nH]c(nc2-c2ccc(-c3ccc(-c4cnc([C@@H]5C[C@@H](O)CN5C(=O)[C@@H](NC(=O)OC)C(C)C)[nH]4)cc3)cc2)[C@@H]2CCCN2C1=O. The van der Waals surface area contributed by atoms with Crippen LogP contribution >= 0.6 is 0 Å². The number of ether oxygens (including phenoxy) is 3. The second-order valence-corrected chi connectivity index (χ2v) is 15.5. The average Bonchev–Trinajstić information content (AvgIpc) is 4.06. The van der Waals surface area contributed by atoms with Crippen LogP contribution in [-0.2, 0) is 30.4 Å². The minimum absolute atomic E-state index is 0.130. The molecular weight excluding hydrogens is 745 g/mol. The number of H-pyrrole nitrogens is 2. The summed E-state index contributed by atoms with van der Waals surface area (Å²) in [7, 11) is 2.55. The number of amides is 4. The predicted octanol–water partition coefficient (Wildman–Crippen LogP) is 5.24. The average molecular weight is 797 g/mol. The Balaban J connectivity index is 1.06. The number of alkyl carbamates (subject to hydrolysis) is 2. The first kappa shape index (κ1) is 40.5. The molecule has 5 heterocycles. The number of fused-ring (bicyclic) bond motifs is 4. The highest BCUT2D eigenvalue weighted by molar-refractivity contribution is 5.87. The molecule has 3 aliphatic rings. The smallest absolute Gasteiger partial charge is 0.407 e. The summed E-state index contributed by atoms with van der Waals surface area (Å²) in [4.78, 5) is 71.3. The van der Waals surface area contributed by atoms with Gasteiger partial charge in [-0.1, -0.05) is 62.4 Å². The molecular formula is C42H52N8O8. The molecule has 2 saturated heterocycles. The highest BCUT2D eigenvalue weighted by Crippen LogP contribution is 2.36. The number of benzene rings is 2. The molecule has 0 radical (unpaired) electrons. The van der Waals surface area contributed by atoms with Crippen LogP contribution in [0.4, 0.5) is 9.59 Å². The number of nitrogens with zero attached hydrogens (tertiary/aromatic N) is 4. The molecule has 0 unspecified atom stereocenters. The quantitative estimate of drug-likeness (QED) is 0.157. The van der Waals surface area contributed by atoms with Crippen molar-refractivity contribution >= 4 is 24.0 Å². The van der Waals surface area contributed by atoms with Crippen LogP contribution in [0.15, 0.2) is 54.7 Å². The zero-order chi connectivity index (χ0) is 40.9. The summed E-state index contributed by atoms with van der Waals surface area (Å²) in [5, 5.41) is 15.9. The fourth-order valence-corrected chi connectivity index (χ4v) is 8.14. The molecule has 16 nitrogen and oxygen atoms in total. The van der Waals surface area contributed by atoms with Crippen molar-refractivity contribution in [3.8, 4) is 33.6 Å². The van der Waals surface area contributed by atoms with Crippen molar-refractivity contribution in [2.24, 2.45) is 5.92 Å². The monoisotopic (exact) mass is 796 g/mol. The lowest BCUT2D eigenvalue weighted by Gasteiger charge is -2.29. The van der Waals surface area contributed by atoms with Crippen LogP contribution in [0.2, 0.25) is 0 Å². The Morgan fingerprint density at radius 2 is 1.57 bits per heavy atom. The van der Waals surface area contributed by atoms with Crippen molar-refractivity contribution < 1.29 is 38.5 Å². The molecule has 308 valence electrons. The van der Waals surface area contributed by atoms with Gasteiger partial charge >= 0.3 is 12.2 Å². The standard InChI is InChI=1S/C42H52N8O8/c1-24(2)35(48-42(55)57-4)40(53)50-22-29(51)20-34(50)37-43-21-31(44-37)27-14-10-25(11-15-27)26-12-16-28(17-13-26)36-32-23-58-19-6-5-8-30(46-41(54)56-3)39(52)49-18-7-9-33(49)38(45-32)47-36/h10-17,21,24,29-30,33-35,51H,5-9,18-20,22-23H2,1-4H3,(H,43,44)(H,45,47)(H,46,54)(H,48,55)/t29-,30+,33+,34+,35+/m1/s1. The minimum atomic E-state index is -0.815. The van der Waals surface area contributed by atoms with Crippen LogP contribution < -0.4 is 10.6 Å². The molecule has 58 heavy (non-hydrogen) atoms.